The van der Waals surface area contributed by atoms with Gasteiger partial charge in [0.2, 0.25) is 5.91 Å². The number of hydrogen-bond donors (Lipinski definition) is 0. The van der Waals surface area contributed by atoms with Crippen molar-refractivity contribution in [2.75, 3.05) is 33.9 Å². The maximum atomic E-state index is 12.0. The SMILES string of the molecule is CCOc1ccc(CC(=O)N(C)CCCOC)cc1. The van der Waals surface area contributed by atoms with Crippen molar-refractivity contribution in [3.05, 3.63) is 29.8 Å². The van der Waals surface area contributed by atoms with E-state index in [4.69, 9.17) is 9.47 Å². The molecule has 0 heterocycles. The Morgan fingerprint density at radius 1 is 1.26 bits per heavy atom. The molecule has 0 bridgehead atoms. The summed E-state index contributed by atoms with van der Waals surface area (Å²) in [7, 11) is 3.49. The highest BCUT2D eigenvalue weighted by Gasteiger charge is 2.09. The van der Waals surface area contributed by atoms with Crippen LogP contribution in [0.15, 0.2) is 24.3 Å². The number of hydrogen-bond acceptors (Lipinski definition) is 3. The maximum absolute atomic E-state index is 12.0. The maximum Gasteiger partial charge on any atom is 0.226 e. The van der Waals surface area contributed by atoms with Gasteiger partial charge in [0.1, 0.15) is 5.75 Å². The minimum Gasteiger partial charge on any atom is -0.494 e. The van der Waals surface area contributed by atoms with E-state index >= 15 is 0 Å². The molecule has 0 aromatic heterocycles. The number of likely N-dealkylation sites (N-methyl/N-ethyl adjacent to an activating group) is 1. The van der Waals surface area contributed by atoms with Gasteiger partial charge < -0.3 is 14.4 Å². The fraction of sp³-hybridized carbons (Fsp3) is 0.533. The van der Waals surface area contributed by atoms with Crippen LogP contribution >= 0.6 is 0 Å². The van der Waals surface area contributed by atoms with Crippen LogP contribution in [-0.4, -0.2) is 44.7 Å². The van der Waals surface area contributed by atoms with E-state index in [2.05, 4.69) is 0 Å². The number of ether oxygens (including phenoxy) is 2. The summed E-state index contributed by atoms with van der Waals surface area (Å²) in [6, 6.07) is 7.67. The first-order chi connectivity index (χ1) is 9.17. The molecule has 0 fully saturated rings. The van der Waals surface area contributed by atoms with Crippen molar-refractivity contribution in [2.24, 2.45) is 0 Å². The average molecular weight is 265 g/mol. The first-order valence-corrected chi connectivity index (χ1v) is 6.62. The zero-order valence-corrected chi connectivity index (χ0v) is 12.0. The van der Waals surface area contributed by atoms with Gasteiger partial charge in [0.15, 0.2) is 0 Å². The molecule has 0 atom stereocenters. The minimum absolute atomic E-state index is 0.125. The molecular formula is C15H23NO3. The fourth-order valence-electron chi connectivity index (χ4n) is 1.75. The van der Waals surface area contributed by atoms with Crippen LogP contribution < -0.4 is 4.74 Å². The highest BCUT2D eigenvalue weighted by atomic mass is 16.5. The zero-order chi connectivity index (χ0) is 14.1. The fourth-order valence-corrected chi connectivity index (χ4v) is 1.75. The molecule has 0 N–H and O–H groups in total. The number of methoxy groups -OCH3 is 1. The van der Waals surface area contributed by atoms with Crippen molar-refractivity contribution in [3.63, 3.8) is 0 Å². The predicted octanol–water partition coefficient (Wildman–Crippen LogP) is 2.12. The first-order valence-electron chi connectivity index (χ1n) is 6.62. The summed E-state index contributed by atoms with van der Waals surface area (Å²) in [5.41, 5.74) is 1.01. The van der Waals surface area contributed by atoms with E-state index in [9.17, 15) is 4.79 Å². The van der Waals surface area contributed by atoms with Gasteiger partial charge in [-0.25, -0.2) is 0 Å². The molecule has 1 aromatic rings. The molecule has 0 unspecified atom stereocenters. The van der Waals surface area contributed by atoms with Crippen LogP contribution in [0.25, 0.3) is 0 Å². The Bertz CT molecular complexity index is 375. The third kappa shape index (κ3) is 5.75. The lowest BCUT2D eigenvalue weighted by Gasteiger charge is -2.17. The second kappa shape index (κ2) is 8.53. The van der Waals surface area contributed by atoms with Crippen molar-refractivity contribution in [3.8, 4) is 5.75 Å². The molecule has 0 aliphatic heterocycles. The van der Waals surface area contributed by atoms with Gasteiger partial charge in [-0.15, -0.1) is 0 Å². The van der Waals surface area contributed by atoms with Crippen molar-refractivity contribution in [1.29, 1.82) is 0 Å². The lowest BCUT2D eigenvalue weighted by atomic mass is 10.1. The number of rotatable bonds is 8. The molecule has 4 nitrogen and oxygen atoms in total. The third-order valence-corrected chi connectivity index (χ3v) is 2.86. The predicted molar refractivity (Wildman–Crippen MR) is 75.4 cm³/mol. The number of carbonyl (C=O) groups is 1. The summed E-state index contributed by atoms with van der Waals surface area (Å²) < 4.78 is 10.3. The summed E-state index contributed by atoms with van der Waals surface area (Å²) in [5, 5.41) is 0. The smallest absolute Gasteiger partial charge is 0.226 e. The second-order valence-corrected chi connectivity index (χ2v) is 4.42. The molecule has 106 valence electrons. The topological polar surface area (TPSA) is 38.8 Å². The minimum atomic E-state index is 0.125. The number of amides is 1. The van der Waals surface area contributed by atoms with Crippen LogP contribution in [0.5, 0.6) is 5.75 Å². The molecule has 1 rings (SSSR count). The molecule has 0 saturated carbocycles. The molecule has 0 aliphatic carbocycles. The van der Waals surface area contributed by atoms with Crippen LogP contribution in [0.4, 0.5) is 0 Å². The molecule has 0 radical (unpaired) electrons. The van der Waals surface area contributed by atoms with Crippen molar-refractivity contribution < 1.29 is 14.3 Å². The van der Waals surface area contributed by atoms with Crippen molar-refractivity contribution in [1.82, 2.24) is 4.90 Å². The number of carbonyl (C=O) groups excluding carboxylic acids is 1. The standard InChI is InChI=1S/C15H23NO3/c1-4-19-14-8-6-13(7-9-14)12-15(17)16(2)10-5-11-18-3/h6-9H,4-5,10-12H2,1-3H3. The van der Waals surface area contributed by atoms with E-state index in [0.29, 0.717) is 19.6 Å². The Balaban J connectivity index is 2.42. The Morgan fingerprint density at radius 3 is 2.53 bits per heavy atom. The van der Waals surface area contributed by atoms with Gasteiger partial charge in [-0.05, 0) is 31.0 Å². The number of benzene rings is 1. The average Bonchev–Trinajstić information content (AvgIpc) is 2.41. The molecule has 0 saturated heterocycles. The van der Waals surface area contributed by atoms with E-state index in [1.165, 1.54) is 0 Å². The molecule has 4 heteroatoms. The van der Waals surface area contributed by atoms with E-state index in [1.54, 1.807) is 12.0 Å². The molecule has 19 heavy (non-hydrogen) atoms. The Labute approximate surface area is 115 Å². The summed E-state index contributed by atoms with van der Waals surface area (Å²) >= 11 is 0. The molecule has 0 spiro atoms. The van der Waals surface area contributed by atoms with Gasteiger partial charge in [-0.3, -0.25) is 4.79 Å². The van der Waals surface area contributed by atoms with E-state index in [-0.39, 0.29) is 5.91 Å². The second-order valence-electron chi connectivity index (χ2n) is 4.42. The highest BCUT2D eigenvalue weighted by Crippen LogP contribution is 2.13. The van der Waals surface area contributed by atoms with Gasteiger partial charge in [0, 0.05) is 27.3 Å². The van der Waals surface area contributed by atoms with Crippen molar-refractivity contribution in [2.45, 2.75) is 19.8 Å². The molecule has 0 aliphatic rings. The third-order valence-electron chi connectivity index (χ3n) is 2.86. The van der Waals surface area contributed by atoms with Crippen LogP contribution in [0.2, 0.25) is 0 Å². The van der Waals surface area contributed by atoms with Crippen LogP contribution in [0.3, 0.4) is 0 Å². The lowest BCUT2D eigenvalue weighted by molar-refractivity contribution is -0.129. The first kappa shape index (κ1) is 15.5. The van der Waals surface area contributed by atoms with Crippen LogP contribution in [0.1, 0.15) is 18.9 Å². The number of nitrogens with zero attached hydrogens (tertiary/aromatic N) is 1. The lowest BCUT2D eigenvalue weighted by Crippen LogP contribution is -2.29. The summed E-state index contributed by atoms with van der Waals surface area (Å²) in [4.78, 5) is 13.7. The van der Waals surface area contributed by atoms with E-state index < -0.39 is 0 Å². The highest BCUT2D eigenvalue weighted by molar-refractivity contribution is 5.78. The van der Waals surface area contributed by atoms with Crippen molar-refractivity contribution >= 4 is 5.91 Å². The van der Waals surface area contributed by atoms with E-state index in [1.807, 2.05) is 38.2 Å². The normalized spacial score (nSPS) is 10.3. The molecule has 1 amide bonds. The van der Waals surface area contributed by atoms with Gasteiger partial charge in [0.05, 0.1) is 13.0 Å². The monoisotopic (exact) mass is 265 g/mol. The Kier molecular flexibility index (Phi) is 6.97. The quantitative estimate of drug-likeness (QED) is 0.676. The summed E-state index contributed by atoms with van der Waals surface area (Å²) in [5.74, 6) is 0.965. The van der Waals surface area contributed by atoms with Gasteiger partial charge >= 0.3 is 0 Å². The van der Waals surface area contributed by atoms with Gasteiger partial charge in [-0.1, -0.05) is 12.1 Å². The summed E-state index contributed by atoms with van der Waals surface area (Å²) in [6.07, 6.45) is 1.29. The zero-order valence-electron chi connectivity index (χ0n) is 12.0. The Morgan fingerprint density at radius 2 is 1.95 bits per heavy atom. The summed E-state index contributed by atoms with van der Waals surface area (Å²) in [6.45, 7) is 4.01. The molecular weight excluding hydrogens is 242 g/mol. The van der Waals surface area contributed by atoms with Crippen LogP contribution in [-0.2, 0) is 16.0 Å². The van der Waals surface area contributed by atoms with E-state index in [0.717, 1.165) is 24.3 Å². The Hall–Kier alpha value is -1.55. The molecule has 1 aromatic carbocycles. The van der Waals surface area contributed by atoms with Crippen LogP contribution in [0, 0.1) is 0 Å². The van der Waals surface area contributed by atoms with Gasteiger partial charge in [-0.2, -0.15) is 0 Å². The van der Waals surface area contributed by atoms with Gasteiger partial charge in [0.25, 0.3) is 0 Å². The largest absolute Gasteiger partial charge is 0.494 e.